The van der Waals surface area contributed by atoms with E-state index in [0.717, 1.165) is 25.7 Å². The number of nitrogens with one attached hydrogen (secondary N) is 2. The summed E-state index contributed by atoms with van der Waals surface area (Å²) >= 11 is 0. The van der Waals surface area contributed by atoms with Crippen LogP contribution in [0.5, 0.6) is 5.75 Å². The number of benzene rings is 1. The first-order chi connectivity index (χ1) is 10.6. The summed E-state index contributed by atoms with van der Waals surface area (Å²) in [5, 5.41) is 5.50. The first kappa shape index (κ1) is 21.2. The van der Waals surface area contributed by atoms with Crippen molar-refractivity contribution in [2.24, 2.45) is 5.73 Å². The van der Waals surface area contributed by atoms with E-state index < -0.39 is 0 Å². The van der Waals surface area contributed by atoms with Gasteiger partial charge in [-0.1, -0.05) is 12.8 Å². The number of carbonyl (C=O) groups excluding carboxylic acids is 2. The predicted molar refractivity (Wildman–Crippen MR) is 95.3 cm³/mol. The van der Waals surface area contributed by atoms with E-state index in [9.17, 15) is 9.59 Å². The Balaban J connectivity index is 0.00000484. The van der Waals surface area contributed by atoms with Crippen LogP contribution in [0.1, 0.15) is 39.0 Å². The van der Waals surface area contributed by atoms with Gasteiger partial charge in [0, 0.05) is 19.0 Å². The maximum Gasteiger partial charge on any atom is 0.224 e. The zero-order chi connectivity index (χ0) is 16.4. The molecule has 7 heteroatoms. The number of carbonyl (C=O) groups is 2. The molecular formula is C16H26ClN3O3. The van der Waals surface area contributed by atoms with Crippen molar-refractivity contribution < 1.29 is 14.3 Å². The Kier molecular flexibility index (Phi) is 10.8. The monoisotopic (exact) mass is 343 g/mol. The molecule has 1 aromatic carbocycles. The maximum atomic E-state index is 12.0. The van der Waals surface area contributed by atoms with Gasteiger partial charge < -0.3 is 21.1 Å². The Hall–Kier alpha value is -1.79. The van der Waals surface area contributed by atoms with Gasteiger partial charge in [-0.15, -0.1) is 12.4 Å². The molecule has 23 heavy (non-hydrogen) atoms. The Bertz CT molecular complexity index is 509. The predicted octanol–water partition coefficient (Wildman–Crippen LogP) is 2.92. The van der Waals surface area contributed by atoms with Gasteiger partial charge in [0.05, 0.1) is 12.8 Å². The molecule has 0 saturated carbocycles. The first-order valence-corrected chi connectivity index (χ1v) is 7.52. The molecule has 0 heterocycles. The average Bonchev–Trinajstić information content (AvgIpc) is 2.46. The van der Waals surface area contributed by atoms with Gasteiger partial charge in [0.1, 0.15) is 5.75 Å². The molecule has 0 atom stereocenters. The van der Waals surface area contributed by atoms with Crippen LogP contribution < -0.4 is 21.1 Å². The van der Waals surface area contributed by atoms with Crippen molar-refractivity contribution in [3.8, 4) is 5.75 Å². The smallest absolute Gasteiger partial charge is 0.224 e. The van der Waals surface area contributed by atoms with E-state index in [1.807, 2.05) is 0 Å². The molecule has 0 fully saturated rings. The van der Waals surface area contributed by atoms with E-state index in [4.69, 9.17) is 10.5 Å². The summed E-state index contributed by atoms with van der Waals surface area (Å²) in [6.07, 6.45) is 4.32. The normalized spacial score (nSPS) is 9.70. The second-order valence-electron chi connectivity index (χ2n) is 5.10. The van der Waals surface area contributed by atoms with Crippen LogP contribution >= 0.6 is 12.4 Å². The number of hydrogen-bond donors (Lipinski definition) is 3. The zero-order valence-electron chi connectivity index (χ0n) is 13.7. The summed E-state index contributed by atoms with van der Waals surface area (Å²) in [5.74, 6) is 0.332. The van der Waals surface area contributed by atoms with Gasteiger partial charge in [0.2, 0.25) is 11.8 Å². The number of nitrogens with two attached hydrogens (primary N) is 1. The molecule has 0 aliphatic rings. The van der Waals surface area contributed by atoms with Crippen molar-refractivity contribution in [3.63, 3.8) is 0 Å². The van der Waals surface area contributed by atoms with Crippen LogP contribution in [-0.4, -0.2) is 25.5 Å². The molecule has 1 rings (SSSR count). The average molecular weight is 344 g/mol. The second kappa shape index (κ2) is 11.7. The number of unbranched alkanes of at least 4 members (excludes halogenated alkanes) is 3. The lowest BCUT2D eigenvalue weighted by atomic mass is 10.1. The summed E-state index contributed by atoms with van der Waals surface area (Å²) in [6.45, 7) is 2.13. The van der Waals surface area contributed by atoms with E-state index in [-0.39, 0.29) is 24.2 Å². The van der Waals surface area contributed by atoms with Crippen LogP contribution in [0.2, 0.25) is 0 Å². The highest BCUT2D eigenvalue weighted by molar-refractivity contribution is 5.94. The summed E-state index contributed by atoms with van der Waals surface area (Å²) in [7, 11) is 1.54. The SMILES string of the molecule is COc1ccc(NC(C)=O)cc1NC(=O)CCCCCCN.Cl. The Morgan fingerprint density at radius 2 is 1.83 bits per heavy atom. The summed E-state index contributed by atoms with van der Waals surface area (Å²) in [5.41, 5.74) is 6.60. The molecule has 2 amide bonds. The highest BCUT2D eigenvalue weighted by atomic mass is 35.5. The molecule has 6 nitrogen and oxygen atoms in total. The van der Waals surface area contributed by atoms with Gasteiger partial charge in [-0.3, -0.25) is 9.59 Å². The lowest BCUT2D eigenvalue weighted by Gasteiger charge is -2.12. The largest absolute Gasteiger partial charge is 0.495 e. The molecule has 0 bridgehead atoms. The molecule has 0 radical (unpaired) electrons. The molecule has 0 aliphatic heterocycles. The molecule has 0 saturated heterocycles. The molecule has 1 aromatic rings. The van der Waals surface area contributed by atoms with Crippen molar-refractivity contribution in [1.29, 1.82) is 0 Å². The summed E-state index contributed by atoms with van der Waals surface area (Å²) in [6, 6.07) is 5.12. The third-order valence-corrected chi connectivity index (χ3v) is 3.15. The topological polar surface area (TPSA) is 93.5 Å². The minimum atomic E-state index is -0.164. The lowest BCUT2D eigenvalue weighted by Crippen LogP contribution is -2.13. The van der Waals surface area contributed by atoms with Crippen molar-refractivity contribution >= 4 is 35.6 Å². The zero-order valence-corrected chi connectivity index (χ0v) is 14.5. The van der Waals surface area contributed by atoms with Crippen molar-refractivity contribution in [1.82, 2.24) is 0 Å². The number of anilines is 2. The summed E-state index contributed by atoms with van der Waals surface area (Å²) in [4.78, 5) is 23.1. The molecule has 0 aromatic heterocycles. The quantitative estimate of drug-likeness (QED) is 0.601. The Morgan fingerprint density at radius 3 is 2.43 bits per heavy atom. The standard InChI is InChI=1S/C16H25N3O3.ClH/c1-12(20)18-13-8-9-15(22-2)14(11-13)19-16(21)7-5-3-4-6-10-17;/h8-9,11H,3-7,10,17H2,1-2H3,(H,18,20)(H,19,21);1H. The van der Waals surface area contributed by atoms with Crippen LogP contribution in [0.4, 0.5) is 11.4 Å². The van der Waals surface area contributed by atoms with Crippen molar-refractivity contribution in [2.75, 3.05) is 24.3 Å². The van der Waals surface area contributed by atoms with Crippen LogP contribution in [-0.2, 0) is 9.59 Å². The number of amides is 2. The van der Waals surface area contributed by atoms with Gasteiger partial charge in [-0.2, -0.15) is 0 Å². The number of rotatable bonds is 9. The van der Waals surface area contributed by atoms with E-state index in [0.29, 0.717) is 30.1 Å². The molecule has 0 unspecified atom stereocenters. The fraction of sp³-hybridized carbons (Fsp3) is 0.500. The minimum Gasteiger partial charge on any atom is -0.495 e. The molecule has 130 valence electrons. The van der Waals surface area contributed by atoms with E-state index >= 15 is 0 Å². The van der Waals surface area contributed by atoms with Gasteiger partial charge in [-0.05, 0) is 37.6 Å². The van der Waals surface area contributed by atoms with Gasteiger partial charge >= 0.3 is 0 Å². The van der Waals surface area contributed by atoms with E-state index in [2.05, 4.69) is 10.6 Å². The second-order valence-corrected chi connectivity index (χ2v) is 5.10. The molecular weight excluding hydrogens is 318 g/mol. The van der Waals surface area contributed by atoms with Gasteiger partial charge in [0.15, 0.2) is 0 Å². The van der Waals surface area contributed by atoms with Gasteiger partial charge in [-0.25, -0.2) is 0 Å². The van der Waals surface area contributed by atoms with Crippen molar-refractivity contribution in [2.45, 2.75) is 39.0 Å². The Morgan fingerprint density at radius 1 is 1.13 bits per heavy atom. The molecule has 0 spiro atoms. The first-order valence-electron chi connectivity index (χ1n) is 7.52. The van der Waals surface area contributed by atoms with Gasteiger partial charge in [0.25, 0.3) is 0 Å². The van der Waals surface area contributed by atoms with Crippen LogP contribution in [0.15, 0.2) is 18.2 Å². The molecule has 0 aliphatic carbocycles. The Labute approximate surface area is 143 Å². The third kappa shape index (κ3) is 8.42. The minimum absolute atomic E-state index is 0. The van der Waals surface area contributed by atoms with Crippen LogP contribution in [0, 0.1) is 0 Å². The number of hydrogen-bond acceptors (Lipinski definition) is 4. The lowest BCUT2D eigenvalue weighted by molar-refractivity contribution is -0.116. The third-order valence-electron chi connectivity index (χ3n) is 3.15. The fourth-order valence-electron chi connectivity index (χ4n) is 2.08. The number of halogens is 1. The highest BCUT2D eigenvalue weighted by Crippen LogP contribution is 2.28. The summed E-state index contributed by atoms with van der Waals surface area (Å²) < 4.78 is 5.22. The number of ether oxygens (including phenoxy) is 1. The van der Waals surface area contributed by atoms with E-state index in [1.165, 1.54) is 14.0 Å². The maximum absolute atomic E-state index is 12.0. The molecule has 4 N–H and O–H groups in total. The van der Waals surface area contributed by atoms with Crippen molar-refractivity contribution in [3.05, 3.63) is 18.2 Å². The van der Waals surface area contributed by atoms with Crippen LogP contribution in [0.3, 0.4) is 0 Å². The highest BCUT2D eigenvalue weighted by Gasteiger charge is 2.09. The van der Waals surface area contributed by atoms with E-state index in [1.54, 1.807) is 18.2 Å². The van der Waals surface area contributed by atoms with Crippen LogP contribution in [0.25, 0.3) is 0 Å². The number of methoxy groups -OCH3 is 1. The fourth-order valence-corrected chi connectivity index (χ4v) is 2.08.